The minimum Gasteiger partial charge on any atom is -0.307 e. The average Bonchev–Trinajstić information content (AvgIpc) is 2.56. The zero-order valence-corrected chi connectivity index (χ0v) is 10.6. The molecule has 3 nitrogen and oxygen atoms in total. The molecule has 1 amide bonds. The molecule has 0 bridgehead atoms. The van der Waals surface area contributed by atoms with Crippen molar-refractivity contribution in [1.82, 2.24) is 0 Å². The smallest absolute Gasteiger partial charge is 0.224 e. The van der Waals surface area contributed by atoms with Gasteiger partial charge in [0.05, 0.1) is 12.2 Å². The molecule has 0 N–H and O–H groups in total. The number of rotatable bonds is 0. The number of anilines is 1. The molecule has 0 aromatic heterocycles. The largest absolute Gasteiger partial charge is 0.307 e. The van der Waals surface area contributed by atoms with Gasteiger partial charge in [0.2, 0.25) is 5.91 Å². The molecule has 1 aliphatic heterocycles. The summed E-state index contributed by atoms with van der Waals surface area (Å²) in [6.07, 6.45) is 0. The summed E-state index contributed by atoms with van der Waals surface area (Å²) in [5, 5.41) is 0. The highest BCUT2D eigenvalue weighted by molar-refractivity contribution is 6.16. The van der Waals surface area contributed by atoms with Crippen molar-refractivity contribution >= 4 is 17.4 Å². The van der Waals surface area contributed by atoms with Gasteiger partial charge in [-0.2, -0.15) is 0 Å². The summed E-state index contributed by atoms with van der Waals surface area (Å²) in [5.74, 6) is -0.0769. The van der Waals surface area contributed by atoms with Crippen LogP contribution in [0, 0.1) is 0 Å². The van der Waals surface area contributed by atoms with Crippen LogP contribution in [-0.4, -0.2) is 11.7 Å². The molecule has 0 spiro atoms. The van der Waals surface area contributed by atoms with Crippen molar-refractivity contribution in [1.29, 1.82) is 0 Å². The number of para-hydroxylation sites is 1. The lowest BCUT2D eigenvalue weighted by molar-refractivity contribution is -0.116. The lowest BCUT2D eigenvalue weighted by Gasteiger charge is -2.20. The predicted molar refractivity (Wildman–Crippen MR) is 73.2 cm³/mol. The molecule has 0 fully saturated rings. The van der Waals surface area contributed by atoms with Gasteiger partial charge in [-0.05, 0) is 17.7 Å². The summed E-state index contributed by atoms with van der Waals surface area (Å²) in [6, 6.07) is 14.7. The highest BCUT2D eigenvalue weighted by atomic mass is 16.2. The van der Waals surface area contributed by atoms with E-state index in [1.807, 2.05) is 42.5 Å². The maximum absolute atomic E-state index is 12.6. The highest BCUT2D eigenvalue weighted by Crippen LogP contribution is 2.30. The molecule has 2 aromatic carbocycles. The summed E-state index contributed by atoms with van der Waals surface area (Å²) < 4.78 is 0. The van der Waals surface area contributed by atoms with E-state index in [9.17, 15) is 9.59 Å². The van der Waals surface area contributed by atoms with Gasteiger partial charge in [0.25, 0.3) is 0 Å². The van der Waals surface area contributed by atoms with Crippen LogP contribution in [0.4, 0.5) is 5.69 Å². The first-order valence-electron chi connectivity index (χ1n) is 6.18. The standard InChI is InChI=1S/C16H13NO2/c1-11(18)17-10-12-6-2-3-7-13(12)16(19)14-8-4-5-9-15(14)17/h2-9H,10H2,1H3. The summed E-state index contributed by atoms with van der Waals surface area (Å²) in [6.45, 7) is 1.96. The van der Waals surface area contributed by atoms with Crippen molar-refractivity contribution in [2.75, 3.05) is 4.90 Å². The molecule has 0 saturated carbocycles. The summed E-state index contributed by atoms with van der Waals surface area (Å²) in [7, 11) is 0. The molecular formula is C16H13NO2. The van der Waals surface area contributed by atoms with Crippen molar-refractivity contribution in [2.45, 2.75) is 13.5 Å². The zero-order chi connectivity index (χ0) is 13.4. The van der Waals surface area contributed by atoms with Gasteiger partial charge in [0, 0.05) is 18.1 Å². The lowest BCUT2D eigenvalue weighted by Crippen LogP contribution is -2.27. The average molecular weight is 251 g/mol. The van der Waals surface area contributed by atoms with Crippen molar-refractivity contribution in [2.24, 2.45) is 0 Å². The lowest BCUT2D eigenvalue weighted by atomic mass is 9.99. The molecule has 2 aromatic rings. The van der Waals surface area contributed by atoms with Crippen molar-refractivity contribution < 1.29 is 9.59 Å². The molecule has 0 saturated heterocycles. The monoisotopic (exact) mass is 251 g/mol. The topological polar surface area (TPSA) is 37.4 Å². The fraction of sp³-hybridized carbons (Fsp3) is 0.125. The molecule has 3 rings (SSSR count). The van der Waals surface area contributed by atoms with Crippen molar-refractivity contribution in [3.05, 3.63) is 65.2 Å². The summed E-state index contributed by atoms with van der Waals surface area (Å²) in [5.41, 5.74) is 2.84. The molecule has 3 heteroatoms. The summed E-state index contributed by atoms with van der Waals surface area (Å²) in [4.78, 5) is 26.1. The Morgan fingerprint density at radius 2 is 1.63 bits per heavy atom. The number of carbonyl (C=O) groups is 2. The number of benzene rings is 2. The number of nitrogens with zero attached hydrogens (tertiary/aromatic N) is 1. The Balaban J connectivity index is 2.27. The molecule has 0 unspecified atom stereocenters. The van der Waals surface area contributed by atoms with E-state index in [0.29, 0.717) is 23.4 Å². The Morgan fingerprint density at radius 1 is 1.00 bits per heavy atom. The molecule has 0 aliphatic carbocycles. The SMILES string of the molecule is CC(=O)N1Cc2ccccc2C(=O)c2ccccc21. The van der Waals surface area contributed by atoms with Gasteiger partial charge < -0.3 is 4.90 Å². The number of ketones is 1. The van der Waals surface area contributed by atoms with Crippen LogP contribution in [-0.2, 0) is 11.3 Å². The van der Waals surface area contributed by atoms with Crippen molar-refractivity contribution in [3.63, 3.8) is 0 Å². The van der Waals surface area contributed by atoms with Crippen LogP contribution in [0.5, 0.6) is 0 Å². The van der Waals surface area contributed by atoms with Crippen LogP contribution in [0.3, 0.4) is 0 Å². The van der Waals surface area contributed by atoms with Gasteiger partial charge in [-0.15, -0.1) is 0 Å². The van der Waals surface area contributed by atoms with Crippen molar-refractivity contribution in [3.8, 4) is 0 Å². The number of carbonyl (C=O) groups excluding carboxylic acids is 2. The minimum absolute atomic E-state index is 0.0186. The first-order valence-corrected chi connectivity index (χ1v) is 6.18. The third-order valence-electron chi connectivity index (χ3n) is 3.41. The quantitative estimate of drug-likeness (QED) is 0.722. The van der Waals surface area contributed by atoms with Gasteiger partial charge in [-0.1, -0.05) is 36.4 Å². The maximum Gasteiger partial charge on any atom is 0.224 e. The second-order valence-electron chi connectivity index (χ2n) is 4.61. The normalized spacial score (nSPS) is 13.5. The first kappa shape index (κ1) is 11.7. The second kappa shape index (κ2) is 4.35. The van der Waals surface area contributed by atoms with Crippen LogP contribution in [0.25, 0.3) is 0 Å². The Morgan fingerprint density at radius 3 is 2.37 bits per heavy atom. The number of amides is 1. The minimum atomic E-state index is -0.0584. The van der Waals surface area contributed by atoms with Crippen LogP contribution < -0.4 is 4.90 Å². The van der Waals surface area contributed by atoms with E-state index < -0.39 is 0 Å². The summed E-state index contributed by atoms with van der Waals surface area (Å²) >= 11 is 0. The Bertz CT molecular complexity index is 676. The fourth-order valence-corrected chi connectivity index (χ4v) is 2.46. The Kier molecular flexibility index (Phi) is 2.67. The van der Waals surface area contributed by atoms with E-state index in [1.165, 1.54) is 6.92 Å². The van der Waals surface area contributed by atoms with E-state index >= 15 is 0 Å². The van der Waals surface area contributed by atoms with E-state index in [2.05, 4.69) is 0 Å². The van der Waals surface area contributed by atoms with E-state index in [4.69, 9.17) is 0 Å². The molecular weight excluding hydrogens is 238 g/mol. The second-order valence-corrected chi connectivity index (χ2v) is 4.61. The molecule has 19 heavy (non-hydrogen) atoms. The Hall–Kier alpha value is -2.42. The number of hydrogen-bond donors (Lipinski definition) is 0. The number of fused-ring (bicyclic) bond motifs is 2. The number of hydrogen-bond acceptors (Lipinski definition) is 2. The zero-order valence-electron chi connectivity index (χ0n) is 10.6. The van der Waals surface area contributed by atoms with E-state index in [0.717, 1.165) is 5.56 Å². The third kappa shape index (κ3) is 1.83. The molecule has 1 heterocycles. The van der Waals surface area contributed by atoms with Gasteiger partial charge in [0.15, 0.2) is 5.78 Å². The van der Waals surface area contributed by atoms with Crippen LogP contribution in [0.1, 0.15) is 28.4 Å². The highest BCUT2D eigenvalue weighted by Gasteiger charge is 2.26. The van der Waals surface area contributed by atoms with Crippen LogP contribution in [0.15, 0.2) is 48.5 Å². The Labute approximate surface area is 111 Å². The third-order valence-corrected chi connectivity index (χ3v) is 3.41. The van der Waals surface area contributed by atoms with Gasteiger partial charge in [0.1, 0.15) is 0 Å². The van der Waals surface area contributed by atoms with Gasteiger partial charge in [-0.25, -0.2) is 0 Å². The van der Waals surface area contributed by atoms with E-state index in [-0.39, 0.29) is 11.7 Å². The van der Waals surface area contributed by atoms with E-state index in [1.54, 1.807) is 11.0 Å². The molecule has 1 aliphatic rings. The molecule has 0 atom stereocenters. The predicted octanol–water partition coefficient (Wildman–Crippen LogP) is 2.78. The van der Waals surface area contributed by atoms with Crippen LogP contribution in [0.2, 0.25) is 0 Å². The first-order chi connectivity index (χ1) is 9.18. The van der Waals surface area contributed by atoms with Gasteiger partial charge in [-0.3, -0.25) is 9.59 Å². The maximum atomic E-state index is 12.6. The van der Waals surface area contributed by atoms with Crippen LogP contribution >= 0.6 is 0 Å². The molecule has 94 valence electrons. The fourth-order valence-electron chi connectivity index (χ4n) is 2.46. The van der Waals surface area contributed by atoms with Gasteiger partial charge >= 0.3 is 0 Å². The molecule has 0 radical (unpaired) electrons.